The summed E-state index contributed by atoms with van der Waals surface area (Å²) < 4.78 is 1.59. The van der Waals surface area contributed by atoms with Crippen molar-refractivity contribution in [2.45, 2.75) is 51.7 Å². The van der Waals surface area contributed by atoms with Crippen molar-refractivity contribution >= 4 is 17.5 Å². The summed E-state index contributed by atoms with van der Waals surface area (Å²) in [6.07, 6.45) is 6.94. The second-order valence-corrected chi connectivity index (χ2v) is 9.99. The van der Waals surface area contributed by atoms with E-state index in [1.807, 2.05) is 44.2 Å². The van der Waals surface area contributed by atoms with E-state index in [1.165, 1.54) is 0 Å². The first-order valence-electron chi connectivity index (χ1n) is 11.9. The highest BCUT2D eigenvalue weighted by atomic mass is 35.5. The van der Waals surface area contributed by atoms with E-state index in [1.54, 1.807) is 23.3 Å². The molecule has 0 bridgehead atoms. The number of H-pyrrole nitrogens is 1. The molecule has 0 radical (unpaired) electrons. The number of aromatic amines is 1. The number of nitrogens with zero attached hydrogens (tertiary/aromatic N) is 5. The van der Waals surface area contributed by atoms with Crippen LogP contribution in [0.4, 0.5) is 0 Å². The molecule has 2 atom stereocenters. The Labute approximate surface area is 213 Å². The number of hydrogen-bond donors (Lipinski definition) is 3. The minimum Gasteiger partial charge on any atom is -0.384 e. The lowest BCUT2D eigenvalue weighted by molar-refractivity contribution is -0.125. The Balaban J connectivity index is 1.20. The summed E-state index contributed by atoms with van der Waals surface area (Å²) in [4.78, 5) is 22.0. The summed E-state index contributed by atoms with van der Waals surface area (Å²) in [6.45, 7) is 4.31. The second kappa shape index (κ2) is 9.83. The molecule has 4 aromatic heterocycles. The van der Waals surface area contributed by atoms with Crippen LogP contribution in [0.15, 0.2) is 48.9 Å². The molecule has 0 spiro atoms. The highest BCUT2D eigenvalue weighted by Crippen LogP contribution is 2.42. The zero-order chi connectivity index (χ0) is 25.3. The third kappa shape index (κ3) is 5.32. The van der Waals surface area contributed by atoms with Crippen molar-refractivity contribution in [2.75, 3.05) is 0 Å². The molecule has 10 heteroatoms. The number of halogens is 1. The van der Waals surface area contributed by atoms with Gasteiger partial charge >= 0.3 is 0 Å². The van der Waals surface area contributed by atoms with Crippen LogP contribution >= 0.6 is 11.6 Å². The summed E-state index contributed by atoms with van der Waals surface area (Å²) in [7, 11) is 0. The average molecular weight is 506 g/mol. The lowest BCUT2D eigenvalue weighted by Gasteiger charge is -2.23. The van der Waals surface area contributed by atoms with Crippen LogP contribution in [0.1, 0.15) is 53.2 Å². The SMILES string of the molecule is Cc1cc(Cc2cc(C)[nH]n2)nc(C2(O)CCC(C(=O)NCc3ccc(-n4cc(Cl)cn4)nc3)C2)c1. The molecule has 1 aliphatic carbocycles. The van der Waals surface area contributed by atoms with Gasteiger partial charge in [0.15, 0.2) is 5.82 Å². The van der Waals surface area contributed by atoms with Crippen molar-refractivity contribution in [3.63, 3.8) is 0 Å². The number of aliphatic hydroxyl groups is 1. The fourth-order valence-corrected chi connectivity index (χ4v) is 4.85. The maximum atomic E-state index is 12.9. The van der Waals surface area contributed by atoms with Crippen molar-refractivity contribution in [1.29, 1.82) is 0 Å². The number of nitrogens with one attached hydrogen (secondary N) is 2. The molecule has 9 nitrogen and oxygen atoms in total. The van der Waals surface area contributed by atoms with Crippen LogP contribution in [0.2, 0.25) is 5.02 Å². The van der Waals surface area contributed by atoms with E-state index in [-0.39, 0.29) is 11.8 Å². The maximum absolute atomic E-state index is 12.9. The van der Waals surface area contributed by atoms with E-state index in [0.29, 0.717) is 48.8 Å². The van der Waals surface area contributed by atoms with Gasteiger partial charge < -0.3 is 10.4 Å². The molecule has 4 heterocycles. The molecule has 2 unspecified atom stereocenters. The van der Waals surface area contributed by atoms with Gasteiger partial charge in [-0.1, -0.05) is 17.7 Å². The first kappa shape index (κ1) is 24.1. The summed E-state index contributed by atoms with van der Waals surface area (Å²) in [6, 6.07) is 9.63. The topological polar surface area (TPSA) is 122 Å². The highest BCUT2D eigenvalue weighted by molar-refractivity contribution is 6.30. The van der Waals surface area contributed by atoms with E-state index < -0.39 is 5.60 Å². The average Bonchev–Trinajstić information content (AvgIpc) is 3.58. The van der Waals surface area contributed by atoms with Gasteiger partial charge in [-0.15, -0.1) is 0 Å². The van der Waals surface area contributed by atoms with E-state index in [2.05, 4.69) is 25.6 Å². The molecule has 3 N–H and O–H groups in total. The Morgan fingerprint density at radius 2 is 2.11 bits per heavy atom. The Morgan fingerprint density at radius 3 is 2.81 bits per heavy atom. The standard InChI is InChI=1S/C26H28ClN7O2/c1-16-7-21(10-22-9-17(2)32-33-22)31-23(8-16)26(36)6-5-19(11-26)25(35)29-13-18-3-4-24(28-12-18)34-15-20(27)14-30-34/h3-4,7-9,12,14-15,19,36H,5-6,10-11,13H2,1-2H3,(H,29,35)(H,32,33). The van der Waals surface area contributed by atoms with E-state index in [4.69, 9.17) is 16.6 Å². The van der Waals surface area contributed by atoms with Crippen molar-refractivity contribution in [3.05, 3.63) is 87.8 Å². The fourth-order valence-electron chi connectivity index (χ4n) is 4.72. The normalized spacial score (nSPS) is 19.5. The van der Waals surface area contributed by atoms with Crippen molar-refractivity contribution in [3.8, 4) is 5.82 Å². The molecule has 0 saturated heterocycles. The van der Waals surface area contributed by atoms with Crippen LogP contribution in [0.3, 0.4) is 0 Å². The number of carbonyl (C=O) groups is 1. The van der Waals surface area contributed by atoms with Gasteiger partial charge in [-0.2, -0.15) is 10.2 Å². The zero-order valence-electron chi connectivity index (χ0n) is 20.2. The summed E-state index contributed by atoms with van der Waals surface area (Å²) >= 11 is 5.91. The van der Waals surface area contributed by atoms with Gasteiger partial charge in [0.1, 0.15) is 5.60 Å². The van der Waals surface area contributed by atoms with Gasteiger partial charge in [0.2, 0.25) is 5.91 Å². The van der Waals surface area contributed by atoms with Crippen LogP contribution in [-0.4, -0.2) is 41.0 Å². The van der Waals surface area contributed by atoms with Crippen molar-refractivity contribution in [2.24, 2.45) is 5.92 Å². The number of rotatable bonds is 7. The van der Waals surface area contributed by atoms with Gasteiger partial charge in [0.05, 0.1) is 28.8 Å². The molecular weight excluding hydrogens is 478 g/mol. The Hall–Kier alpha value is -3.56. The molecular formula is C26H28ClN7O2. The number of aromatic nitrogens is 6. The highest BCUT2D eigenvalue weighted by Gasteiger charge is 2.42. The quantitative estimate of drug-likeness (QED) is 0.353. The lowest BCUT2D eigenvalue weighted by atomic mass is 9.93. The van der Waals surface area contributed by atoms with Crippen LogP contribution in [0.25, 0.3) is 5.82 Å². The zero-order valence-corrected chi connectivity index (χ0v) is 21.0. The molecule has 186 valence electrons. The van der Waals surface area contributed by atoms with Crippen molar-refractivity contribution in [1.82, 2.24) is 35.3 Å². The first-order valence-corrected chi connectivity index (χ1v) is 12.3. The van der Waals surface area contributed by atoms with E-state index in [0.717, 1.165) is 28.2 Å². The van der Waals surface area contributed by atoms with Crippen molar-refractivity contribution < 1.29 is 9.90 Å². The predicted molar refractivity (Wildman–Crippen MR) is 135 cm³/mol. The van der Waals surface area contributed by atoms with E-state index in [9.17, 15) is 9.90 Å². The molecule has 1 amide bonds. The fraction of sp³-hybridized carbons (Fsp3) is 0.346. The summed E-state index contributed by atoms with van der Waals surface area (Å²) in [5.74, 6) is 0.284. The molecule has 1 fully saturated rings. The van der Waals surface area contributed by atoms with Gasteiger partial charge in [-0.25, -0.2) is 9.67 Å². The van der Waals surface area contributed by atoms with Crippen LogP contribution in [0.5, 0.6) is 0 Å². The second-order valence-electron chi connectivity index (χ2n) is 9.56. The number of hydrogen-bond acceptors (Lipinski definition) is 6. The number of amides is 1. The molecule has 1 saturated carbocycles. The molecule has 5 rings (SSSR count). The monoisotopic (exact) mass is 505 g/mol. The van der Waals surface area contributed by atoms with E-state index >= 15 is 0 Å². The maximum Gasteiger partial charge on any atom is 0.223 e. The lowest BCUT2D eigenvalue weighted by Crippen LogP contribution is -2.31. The Kier molecular flexibility index (Phi) is 6.59. The molecule has 1 aliphatic rings. The summed E-state index contributed by atoms with van der Waals surface area (Å²) in [5.41, 5.74) is 4.15. The number of pyridine rings is 2. The van der Waals surface area contributed by atoms with Crippen LogP contribution in [0, 0.1) is 19.8 Å². The summed E-state index contributed by atoms with van der Waals surface area (Å²) in [5, 5.41) is 26.3. The largest absolute Gasteiger partial charge is 0.384 e. The predicted octanol–water partition coefficient (Wildman–Crippen LogP) is 3.55. The first-order chi connectivity index (χ1) is 17.3. The molecule has 0 aliphatic heterocycles. The van der Waals surface area contributed by atoms with Crippen LogP contribution in [-0.2, 0) is 23.4 Å². The third-order valence-corrected chi connectivity index (χ3v) is 6.74. The Morgan fingerprint density at radius 1 is 1.25 bits per heavy atom. The van der Waals surface area contributed by atoms with Gasteiger partial charge in [0, 0.05) is 36.5 Å². The minimum absolute atomic E-state index is 0.0752. The van der Waals surface area contributed by atoms with Gasteiger partial charge in [-0.05, 0) is 68.5 Å². The van der Waals surface area contributed by atoms with Crippen LogP contribution < -0.4 is 5.32 Å². The number of carbonyl (C=O) groups excluding carboxylic acids is 1. The van der Waals surface area contributed by atoms with Gasteiger partial charge in [-0.3, -0.25) is 14.9 Å². The molecule has 4 aromatic rings. The Bertz CT molecular complexity index is 1380. The minimum atomic E-state index is -1.13. The third-order valence-electron chi connectivity index (χ3n) is 6.54. The molecule has 36 heavy (non-hydrogen) atoms. The number of aryl methyl sites for hydroxylation is 2. The van der Waals surface area contributed by atoms with Gasteiger partial charge in [0.25, 0.3) is 0 Å². The smallest absolute Gasteiger partial charge is 0.223 e. The molecule has 0 aromatic carbocycles.